The molecule has 0 heterocycles. The van der Waals surface area contributed by atoms with Gasteiger partial charge in [-0.25, -0.2) is 4.79 Å². The van der Waals surface area contributed by atoms with Crippen LogP contribution < -0.4 is 10.6 Å². The fourth-order valence-electron chi connectivity index (χ4n) is 4.32. The summed E-state index contributed by atoms with van der Waals surface area (Å²) in [6.07, 6.45) is -0.0937. The molecule has 34 heavy (non-hydrogen) atoms. The number of carboxylic acids is 1. The summed E-state index contributed by atoms with van der Waals surface area (Å²) in [4.78, 5) is 35.9. The molecule has 0 saturated carbocycles. The van der Waals surface area contributed by atoms with Crippen molar-refractivity contribution >= 4 is 18.0 Å². The Morgan fingerprint density at radius 1 is 1.00 bits per heavy atom. The number of fused-ring (bicyclic) bond motifs is 3. The third-order valence-electron chi connectivity index (χ3n) is 6.31. The van der Waals surface area contributed by atoms with Crippen LogP contribution in [-0.2, 0) is 14.3 Å². The van der Waals surface area contributed by atoms with Gasteiger partial charge in [0.1, 0.15) is 6.61 Å². The first-order valence-corrected chi connectivity index (χ1v) is 11.7. The molecule has 0 bridgehead atoms. The summed E-state index contributed by atoms with van der Waals surface area (Å²) in [6.45, 7) is 7.63. The standard InChI is InChI=1S/C27H34N2O5/c1-17(2)23(15-25(31)32)28-24(30)13-14-27(3,4)29-26(33)34-16-22-20-11-7-5-9-18(20)19-10-6-8-12-21(19)22/h5-12,17,22-23H,13-16H2,1-4H3,(H,28,30)(H,29,33)(H,31,32)/t23-/m0/s1. The first-order valence-electron chi connectivity index (χ1n) is 11.7. The molecule has 182 valence electrons. The average molecular weight is 467 g/mol. The minimum atomic E-state index is -0.948. The second-order valence-electron chi connectivity index (χ2n) is 9.85. The van der Waals surface area contributed by atoms with Gasteiger partial charge in [-0.15, -0.1) is 0 Å². The van der Waals surface area contributed by atoms with E-state index in [1.165, 1.54) is 11.1 Å². The van der Waals surface area contributed by atoms with Crippen LogP contribution in [0.15, 0.2) is 48.5 Å². The van der Waals surface area contributed by atoms with Crippen LogP contribution in [0.2, 0.25) is 0 Å². The molecule has 2 amide bonds. The van der Waals surface area contributed by atoms with E-state index in [-0.39, 0.29) is 37.2 Å². The van der Waals surface area contributed by atoms with E-state index in [1.54, 1.807) is 0 Å². The van der Waals surface area contributed by atoms with E-state index in [0.29, 0.717) is 6.42 Å². The second-order valence-corrected chi connectivity index (χ2v) is 9.85. The number of rotatable bonds is 10. The minimum Gasteiger partial charge on any atom is -0.481 e. The number of benzene rings is 2. The summed E-state index contributed by atoms with van der Waals surface area (Å²) in [5.41, 5.74) is 3.96. The third kappa shape index (κ3) is 6.37. The largest absolute Gasteiger partial charge is 0.481 e. The van der Waals surface area contributed by atoms with Crippen LogP contribution >= 0.6 is 0 Å². The molecule has 2 aromatic rings. The molecular weight excluding hydrogens is 432 g/mol. The number of hydrogen-bond acceptors (Lipinski definition) is 4. The summed E-state index contributed by atoms with van der Waals surface area (Å²) in [6, 6.07) is 15.9. The van der Waals surface area contributed by atoms with E-state index < -0.39 is 23.6 Å². The van der Waals surface area contributed by atoms with Crippen LogP contribution in [0, 0.1) is 5.92 Å². The number of amides is 2. The van der Waals surface area contributed by atoms with Crippen molar-refractivity contribution in [3.8, 4) is 11.1 Å². The molecule has 0 aliphatic heterocycles. The minimum absolute atomic E-state index is 0.00649. The number of carboxylic acid groups (broad SMARTS) is 1. The molecule has 3 rings (SSSR count). The lowest BCUT2D eigenvalue weighted by Gasteiger charge is -2.27. The number of carbonyl (C=O) groups is 3. The molecule has 7 heteroatoms. The van der Waals surface area contributed by atoms with Gasteiger partial charge in [0.2, 0.25) is 5.91 Å². The molecule has 0 fully saturated rings. The number of carbonyl (C=O) groups excluding carboxylic acids is 2. The van der Waals surface area contributed by atoms with Crippen molar-refractivity contribution < 1.29 is 24.2 Å². The molecule has 1 aliphatic rings. The quantitative estimate of drug-likeness (QED) is 0.471. The molecule has 2 aromatic carbocycles. The van der Waals surface area contributed by atoms with E-state index in [2.05, 4.69) is 34.9 Å². The fraction of sp³-hybridized carbons (Fsp3) is 0.444. The Bertz CT molecular complexity index is 1000. The van der Waals surface area contributed by atoms with Gasteiger partial charge in [-0.3, -0.25) is 9.59 Å². The van der Waals surface area contributed by atoms with Crippen LogP contribution in [-0.4, -0.2) is 41.3 Å². The maximum Gasteiger partial charge on any atom is 0.407 e. The van der Waals surface area contributed by atoms with Gasteiger partial charge in [0.25, 0.3) is 0 Å². The highest BCUT2D eigenvalue weighted by Gasteiger charge is 2.30. The molecule has 0 saturated heterocycles. The molecule has 7 nitrogen and oxygen atoms in total. The Labute approximate surface area is 200 Å². The average Bonchev–Trinajstić information content (AvgIpc) is 3.09. The van der Waals surface area contributed by atoms with E-state index in [0.717, 1.165) is 11.1 Å². The van der Waals surface area contributed by atoms with Crippen LogP contribution in [0.5, 0.6) is 0 Å². The fourth-order valence-corrected chi connectivity index (χ4v) is 4.32. The first kappa shape index (κ1) is 25.3. The Morgan fingerprint density at radius 3 is 2.09 bits per heavy atom. The molecule has 1 atom stereocenters. The predicted octanol–water partition coefficient (Wildman–Crippen LogP) is 4.70. The number of nitrogens with one attached hydrogen (secondary N) is 2. The van der Waals surface area contributed by atoms with Gasteiger partial charge in [0.15, 0.2) is 0 Å². The maximum absolute atomic E-state index is 12.6. The summed E-state index contributed by atoms with van der Waals surface area (Å²) in [5.74, 6) is -1.19. The zero-order valence-electron chi connectivity index (χ0n) is 20.3. The third-order valence-corrected chi connectivity index (χ3v) is 6.31. The van der Waals surface area contributed by atoms with Crippen molar-refractivity contribution in [1.82, 2.24) is 10.6 Å². The smallest absolute Gasteiger partial charge is 0.407 e. The highest BCUT2D eigenvalue weighted by molar-refractivity contribution is 5.79. The number of aliphatic carboxylic acids is 1. The molecular formula is C27H34N2O5. The lowest BCUT2D eigenvalue weighted by Crippen LogP contribution is -2.46. The predicted molar refractivity (Wildman–Crippen MR) is 131 cm³/mol. The zero-order valence-corrected chi connectivity index (χ0v) is 20.3. The van der Waals surface area contributed by atoms with Gasteiger partial charge in [-0.2, -0.15) is 0 Å². The molecule has 0 spiro atoms. The molecule has 1 aliphatic carbocycles. The molecule has 0 aromatic heterocycles. The highest BCUT2D eigenvalue weighted by Crippen LogP contribution is 2.44. The van der Waals surface area contributed by atoms with E-state index >= 15 is 0 Å². The van der Waals surface area contributed by atoms with Crippen LogP contribution in [0.4, 0.5) is 4.79 Å². The molecule has 0 unspecified atom stereocenters. The Kier molecular flexibility index (Phi) is 7.97. The van der Waals surface area contributed by atoms with Crippen molar-refractivity contribution in [3.05, 3.63) is 59.7 Å². The topological polar surface area (TPSA) is 105 Å². The number of ether oxygens (including phenoxy) is 1. The van der Waals surface area contributed by atoms with Crippen LogP contribution in [0.1, 0.15) is 64.0 Å². The van der Waals surface area contributed by atoms with E-state index in [9.17, 15) is 14.4 Å². The van der Waals surface area contributed by atoms with Gasteiger partial charge in [-0.1, -0.05) is 62.4 Å². The van der Waals surface area contributed by atoms with E-state index in [1.807, 2.05) is 52.0 Å². The summed E-state index contributed by atoms with van der Waals surface area (Å²) >= 11 is 0. The lowest BCUT2D eigenvalue weighted by molar-refractivity contribution is -0.138. The van der Waals surface area contributed by atoms with Gasteiger partial charge >= 0.3 is 12.1 Å². The number of alkyl carbamates (subject to hydrolysis) is 1. The van der Waals surface area contributed by atoms with Crippen molar-refractivity contribution in [3.63, 3.8) is 0 Å². The van der Waals surface area contributed by atoms with Crippen LogP contribution in [0.25, 0.3) is 11.1 Å². The van der Waals surface area contributed by atoms with Crippen molar-refractivity contribution in [1.29, 1.82) is 0 Å². The summed E-state index contributed by atoms with van der Waals surface area (Å²) in [5, 5.41) is 14.7. The van der Waals surface area contributed by atoms with E-state index in [4.69, 9.17) is 9.84 Å². The van der Waals surface area contributed by atoms with Crippen molar-refractivity contribution in [2.24, 2.45) is 5.92 Å². The first-order chi connectivity index (χ1) is 16.1. The summed E-state index contributed by atoms with van der Waals surface area (Å²) in [7, 11) is 0. The van der Waals surface area contributed by atoms with Crippen molar-refractivity contribution in [2.75, 3.05) is 6.61 Å². The monoisotopic (exact) mass is 466 g/mol. The number of hydrogen-bond donors (Lipinski definition) is 3. The van der Waals surface area contributed by atoms with Gasteiger partial charge in [-0.05, 0) is 48.4 Å². The maximum atomic E-state index is 12.6. The lowest BCUT2D eigenvalue weighted by atomic mass is 9.97. The van der Waals surface area contributed by atoms with Gasteiger partial charge in [0.05, 0.1) is 6.42 Å². The molecule has 3 N–H and O–H groups in total. The molecule has 0 radical (unpaired) electrons. The van der Waals surface area contributed by atoms with Gasteiger partial charge in [0, 0.05) is 23.9 Å². The Morgan fingerprint density at radius 2 is 1.56 bits per heavy atom. The zero-order chi connectivity index (χ0) is 24.9. The van der Waals surface area contributed by atoms with Gasteiger partial charge < -0.3 is 20.5 Å². The summed E-state index contributed by atoms with van der Waals surface area (Å²) < 4.78 is 5.61. The Balaban J connectivity index is 1.52. The highest BCUT2D eigenvalue weighted by atomic mass is 16.5. The second kappa shape index (κ2) is 10.7. The van der Waals surface area contributed by atoms with Crippen molar-refractivity contribution in [2.45, 2.75) is 64.5 Å². The Hall–Kier alpha value is -3.35. The normalized spacial score (nSPS) is 13.7. The SMILES string of the molecule is CC(C)[C@H](CC(=O)O)NC(=O)CCC(C)(C)NC(=O)OCC1c2ccccc2-c2ccccc21. The van der Waals surface area contributed by atoms with Crippen LogP contribution in [0.3, 0.4) is 0 Å².